The molecule has 0 aromatic heterocycles. The Morgan fingerprint density at radius 2 is 0.969 bits per heavy atom. The van der Waals surface area contributed by atoms with E-state index in [-0.39, 0.29) is 38.0 Å². The second-order valence-corrected chi connectivity index (χ2v) is 17.8. The Bertz CT molecular complexity index is 3040. The third-order valence-electron chi connectivity index (χ3n) is 12.1. The molecule has 0 bridgehead atoms. The minimum absolute atomic E-state index is 0.0237. The quantitative estimate of drug-likeness (QED) is 0.0871. The lowest BCUT2D eigenvalue weighted by molar-refractivity contribution is -0.156. The first-order chi connectivity index (χ1) is 30.8. The topological polar surface area (TPSA) is 112 Å². The molecule has 1 aliphatic rings. The molecular formula is C56H50O8. The van der Waals surface area contributed by atoms with Crippen molar-refractivity contribution >= 4 is 55.0 Å². The van der Waals surface area contributed by atoms with Gasteiger partial charge in [0.15, 0.2) is 0 Å². The van der Waals surface area contributed by atoms with E-state index in [4.69, 9.17) is 18.9 Å². The van der Waals surface area contributed by atoms with Crippen molar-refractivity contribution in [3.8, 4) is 22.6 Å². The lowest BCUT2D eigenvalue weighted by atomic mass is 9.67. The number of fused-ring (bicyclic) bond motifs is 9. The first kappa shape index (κ1) is 42.3. The summed E-state index contributed by atoms with van der Waals surface area (Å²) in [6.45, 7) is 10.1. The highest BCUT2D eigenvalue weighted by molar-refractivity contribution is 6.12. The van der Waals surface area contributed by atoms with Crippen molar-refractivity contribution < 1.29 is 38.7 Å². The van der Waals surface area contributed by atoms with E-state index in [0.717, 1.165) is 32.7 Å². The lowest BCUT2D eigenvalue weighted by Crippen LogP contribution is -2.30. The zero-order valence-electron chi connectivity index (χ0n) is 36.4. The highest BCUT2D eigenvalue weighted by atomic mass is 16.6. The molecular weight excluding hydrogens is 801 g/mol. The lowest BCUT2D eigenvalue weighted by Gasteiger charge is -2.34. The van der Waals surface area contributed by atoms with Gasteiger partial charge in [-0.1, -0.05) is 116 Å². The van der Waals surface area contributed by atoms with Gasteiger partial charge >= 0.3 is 11.9 Å². The molecule has 0 radical (unpaired) electrons. The molecule has 64 heavy (non-hydrogen) atoms. The summed E-state index contributed by atoms with van der Waals surface area (Å²) in [6, 6.07) is 51.4. The van der Waals surface area contributed by atoms with Crippen LogP contribution in [0.15, 0.2) is 158 Å². The Kier molecular flexibility index (Phi) is 11.2. The van der Waals surface area contributed by atoms with E-state index in [1.54, 1.807) is 27.7 Å². The van der Waals surface area contributed by atoms with Crippen LogP contribution in [0, 0.1) is 5.41 Å². The highest BCUT2D eigenvalue weighted by Crippen LogP contribution is 2.60. The van der Waals surface area contributed by atoms with Gasteiger partial charge in [0.1, 0.15) is 50.1 Å². The van der Waals surface area contributed by atoms with Crippen LogP contribution in [0.4, 0.5) is 0 Å². The van der Waals surface area contributed by atoms with E-state index >= 15 is 0 Å². The van der Waals surface area contributed by atoms with Crippen LogP contribution in [-0.4, -0.2) is 60.8 Å². The molecule has 322 valence electrons. The highest BCUT2D eigenvalue weighted by Gasteiger charge is 2.47. The van der Waals surface area contributed by atoms with Crippen LogP contribution < -0.4 is 9.47 Å². The Labute approximate surface area is 372 Å². The van der Waals surface area contributed by atoms with Crippen LogP contribution in [0.2, 0.25) is 0 Å². The van der Waals surface area contributed by atoms with Crippen LogP contribution in [0.1, 0.15) is 49.9 Å². The fraction of sp³-hybridized carbons (Fsp3) is 0.214. The summed E-state index contributed by atoms with van der Waals surface area (Å²) in [4.78, 5) is 24.1. The molecule has 0 saturated carbocycles. The van der Waals surface area contributed by atoms with E-state index in [0.29, 0.717) is 11.5 Å². The average molecular weight is 851 g/mol. The summed E-state index contributed by atoms with van der Waals surface area (Å²) in [5.41, 5.74) is 5.92. The van der Waals surface area contributed by atoms with Gasteiger partial charge in [-0.25, -0.2) is 4.79 Å². The van der Waals surface area contributed by atoms with Crippen LogP contribution in [0.5, 0.6) is 11.5 Å². The molecule has 0 amide bonds. The fourth-order valence-electron chi connectivity index (χ4n) is 8.90. The Hall–Kier alpha value is -7.00. The summed E-state index contributed by atoms with van der Waals surface area (Å²) in [7, 11) is 0. The van der Waals surface area contributed by atoms with E-state index in [9.17, 15) is 19.8 Å². The predicted octanol–water partition coefficient (Wildman–Crippen LogP) is 10.9. The van der Waals surface area contributed by atoms with Crippen LogP contribution in [-0.2, 0) is 24.5 Å². The number of aliphatic hydroxyl groups excluding tert-OH is 2. The largest absolute Gasteiger partial charge is 0.491 e. The molecule has 1 aliphatic carbocycles. The maximum absolute atomic E-state index is 12.2. The van der Waals surface area contributed by atoms with Gasteiger partial charge in [-0.15, -0.1) is 0 Å². The van der Waals surface area contributed by atoms with Gasteiger partial charge in [0, 0.05) is 5.57 Å². The number of ether oxygens (including phenoxy) is 4. The normalized spacial score (nSPS) is 13.9. The number of esters is 2. The van der Waals surface area contributed by atoms with Gasteiger partial charge in [-0.05, 0) is 141 Å². The number of hydrogen-bond donors (Lipinski definition) is 2. The maximum Gasteiger partial charge on any atom is 0.333 e. The van der Waals surface area contributed by atoms with Gasteiger partial charge < -0.3 is 29.2 Å². The molecule has 8 aromatic carbocycles. The molecule has 8 nitrogen and oxygen atoms in total. The van der Waals surface area contributed by atoms with E-state index < -0.39 is 29.0 Å². The number of hydrogen-bond acceptors (Lipinski definition) is 8. The van der Waals surface area contributed by atoms with Gasteiger partial charge in [0.25, 0.3) is 0 Å². The molecule has 0 saturated heterocycles. The first-order valence-corrected chi connectivity index (χ1v) is 21.6. The average Bonchev–Trinajstić information content (AvgIpc) is 3.62. The van der Waals surface area contributed by atoms with Crippen molar-refractivity contribution in [1.82, 2.24) is 0 Å². The number of rotatable bonds is 13. The van der Waals surface area contributed by atoms with Crippen molar-refractivity contribution in [2.45, 2.75) is 45.3 Å². The number of benzene rings is 8. The second kappa shape index (κ2) is 16.9. The van der Waals surface area contributed by atoms with Crippen molar-refractivity contribution in [2.75, 3.05) is 26.4 Å². The number of aliphatic hydroxyl groups is 2. The van der Waals surface area contributed by atoms with Crippen LogP contribution in [0.25, 0.3) is 54.2 Å². The molecule has 2 N–H and O–H groups in total. The van der Waals surface area contributed by atoms with Crippen molar-refractivity contribution in [3.05, 3.63) is 180 Å². The van der Waals surface area contributed by atoms with Gasteiger partial charge in [-0.3, -0.25) is 4.79 Å². The van der Waals surface area contributed by atoms with Crippen LogP contribution >= 0.6 is 0 Å². The molecule has 0 heterocycles. The smallest absolute Gasteiger partial charge is 0.333 e. The number of carbonyl (C=O) groups is 2. The zero-order chi connectivity index (χ0) is 44.8. The standard InChI is InChI=1S/C56H50O8/c1-34(2)53(59)63-32-43(57)30-61-45-22-16-37-26-41(20-14-39(37)28-45)56(42-21-15-40-29-46(23-17-38(40)27-42)62-31-44(58)33-64-54(60)55(3,4)5)49-24-18-35-10-6-8-12-47(35)51(49)52-48-13-9-7-11-36(48)19-25-50(52)56/h6-29,43-44,57-58H,1,30-33H2,2-5H3. The summed E-state index contributed by atoms with van der Waals surface area (Å²) >= 11 is 0. The van der Waals surface area contributed by atoms with Crippen LogP contribution in [0.3, 0.4) is 0 Å². The molecule has 0 aliphatic heterocycles. The molecule has 2 unspecified atom stereocenters. The summed E-state index contributed by atoms with van der Waals surface area (Å²) in [5, 5.41) is 29.7. The first-order valence-electron chi connectivity index (χ1n) is 21.6. The van der Waals surface area contributed by atoms with E-state index in [1.165, 1.54) is 43.8 Å². The van der Waals surface area contributed by atoms with Crippen molar-refractivity contribution in [1.29, 1.82) is 0 Å². The van der Waals surface area contributed by atoms with Gasteiger partial charge in [-0.2, -0.15) is 0 Å². The molecule has 8 heteroatoms. The van der Waals surface area contributed by atoms with E-state index in [1.807, 2.05) is 30.3 Å². The van der Waals surface area contributed by atoms with Crippen molar-refractivity contribution in [2.24, 2.45) is 5.41 Å². The molecule has 8 aromatic rings. The molecule has 0 spiro atoms. The second-order valence-electron chi connectivity index (χ2n) is 17.8. The number of carbonyl (C=O) groups excluding carboxylic acids is 2. The minimum atomic E-state index is -0.999. The SMILES string of the molecule is C=C(C)C(=O)OCC(O)COc1ccc2cc(C3(c4ccc5cc(OCC(O)COC(=O)C(C)(C)C)ccc5c4)c4ccc5ccccc5c4-c4c3ccc3ccccc43)ccc2c1. The maximum atomic E-state index is 12.2. The third kappa shape index (κ3) is 7.84. The van der Waals surface area contributed by atoms with Gasteiger partial charge in [0.2, 0.25) is 0 Å². The summed E-state index contributed by atoms with van der Waals surface area (Å²) < 4.78 is 22.4. The fourth-order valence-corrected chi connectivity index (χ4v) is 8.90. The molecule has 2 atom stereocenters. The molecule has 9 rings (SSSR count). The molecule has 0 fully saturated rings. The summed E-state index contributed by atoms with van der Waals surface area (Å²) in [5.74, 6) is 0.259. The third-order valence-corrected chi connectivity index (χ3v) is 12.1. The summed E-state index contributed by atoms with van der Waals surface area (Å²) in [6.07, 6.45) is -1.97. The predicted molar refractivity (Wildman–Crippen MR) is 253 cm³/mol. The Morgan fingerprint density at radius 3 is 1.44 bits per heavy atom. The van der Waals surface area contributed by atoms with Gasteiger partial charge in [0.05, 0.1) is 10.8 Å². The minimum Gasteiger partial charge on any atom is -0.491 e. The Morgan fingerprint density at radius 1 is 0.547 bits per heavy atom. The zero-order valence-corrected chi connectivity index (χ0v) is 36.4. The monoisotopic (exact) mass is 850 g/mol. The Balaban J connectivity index is 1.13. The van der Waals surface area contributed by atoms with Crippen molar-refractivity contribution in [3.63, 3.8) is 0 Å². The van der Waals surface area contributed by atoms with E-state index in [2.05, 4.69) is 122 Å².